The average molecular weight is 251 g/mol. The zero-order valence-electron chi connectivity index (χ0n) is 8.24. The summed E-state index contributed by atoms with van der Waals surface area (Å²) in [5.41, 5.74) is 1.59. The third kappa shape index (κ3) is 1.51. The van der Waals surface area contributed by atoms with Crippen molar-refractivity contribution in [2.75, 3.05) is 0 Å². The molecule has 16 heavy (non-hydrogen) atoms. The van der Waals surface area contributed by atoms with Crippen molar-refractivity contribution in [2.45, 2.75) is 0 Å². The molecule has 0 aliphatic rings. The Morgan fingerprint density at radius 1 is 0.875 bits per heavy atom. The molecule has 80 valence electrons. The number of fused-ring (bicyclic) bond motifs is 3. The largest absolute Gasteiger partial charge is 0.421 e. The highest BCUT2D eigenvalue weighted by molar-refractivity contribution is 7.15. The van der Waals surface area contributed by atoms with Gasteiger partial charge in [0.1, 0.15) is 11.2 Å². The van der Waals surface area contributed by atoms with Crippen LogP contribution in [0.15, 0.2) is 50.9 Å². The maximum atomic E-state index is 6.21. The molecule has 0 saturated heterocycles. The third-order valence-corrected chi connectivity index (χ3v) is 3.36. The van der Waals surface area contributed by atoms with Crippen molar-refractivity contribution in [2.24, 2.45) is 0 Å². The molecule has 1 aromatic heterocycles. The zero-order chi connectivity index (χ0) is 11.0. The lowest BCUT2D eigenvalue weighted by atomic mass is 10.1. The molecule has 4 heteroatoms. The molecule has 0 fully saturated rings. The summed E-state index contributed by atoms with van der Waals surface area (Å²) in [4.78, 5) is 0. The van der Waals surface area contributed by atoms with Gasteiger partial charge >= 0.3 is 0 Å². The van der Waals surface area contributed by atoms with E-state index in [0.29, 0.717) is 5.02 Å². The Bertz CT molecular complexity index is 691. The Labute approximate surface area is 98.4 Å². The molecule has 0 radical (unpaired) electrons. The summed E-state index contributed by atoms with van der Waals surface area (Å²) >= 11 is 6.21. The van der Waals surface area contributed by atoms with E-state index in [4.69, 9.17) is 20.0 Å². The van der Waals surface area contributed by atoms with Gasteiger partial charge in [0.05, 0.1) is 5.02 Å². The molecule has 2 nitrogen and oxygen atoms in total. The first kappa shape index (κ1) is 9.83. The second-order valence-corrected chi connectivity index (χ2v) is 4.38. The topological polar surface area (TPSA) is 26.3 Å². The van der Waals surface area contributed by atoms with Gasteiger partial charge in [-0.05, 0) is 18.2 Å². The van der Waals surface area contributed by atoms with Crippen LogP contribution in [-0.4, -0.2) is 0 Å². The highest BCUT2D eigenvalue weighted by atomic mass is 35.5. The lowest BCUT2D eigenvalue weighted by Gasteiger charge is -1.96. The van der Waals surface area contributed by atoms with Gasteiger partial charge in [0.2, 0.25) is 8.67 Å². The molecule has 0 bridgehead atoms. The Hall–Kier alpha value is -1.37. The number of para-hydroxylation sites is 1. The van der Waals surface area contributed by atoms with Crippen molar-refractivity contribution < 1.29 is 8.39 Å². The van der Waals surface area contributed by atoms with Crippen LogP contribution >= 0.6 is 20.3 Å². The third-order valence-electron chi connectivity index (χ3n) is 2.44. The van der Waals surface area contributed by atoms with Crippen LogP contribution in [-0.2, 0) is 0 Å². The first-order valence-corrected chi connectivity index (χ1v) is 6.02. The van der Waals surface area contributed by atoms with Crippen LogP contribution in [0.5, 0.6) is 0 Å². The maximum Gasteiger partial charge on any atom is 0.201 e. The highest BCUT2D eigenvalue weighted by Gasteiger charge is 2.04. The van der Waals surface area contributed by atoms with E-state index in [-0.39, 0.29) is 8.67 Å². The van der Waals surface area contributed by atoms with Gasteiger partial charge in [0.15, 0.2) is 0 Å². The second kappa shape index (κ2) is 3.89. The zero-order valence-corrected chi connectivity index (χ0v) is 9.99. The van der Waals surface area contributed by atoms with Crippen LogP contribution in [0.4, 0.5) is 0 Å². The van der Waals surface area contributed by atoms with Gasteiger partial charge in [-0.15, -0.1) is 0 Å². The fourth-order valence-corrected chi connectivity index (χ4v) is 2.56. The van der Waals surface area contributed by atoms with Gasteiger partial charge < -0.3 is 8.39 Å². The smallest absolute Gasteiger partial charge is 0.201 e. The quantitative estimate of drug-likeness (QED) is 0.562. The minimum Gasteiger partial charge on any atom is -0.421 e. The lowest BCUT2D eigenvalue weighted by molar-refractivity contribution is 0.663. The van der Waals surface area contributed by atoms with Crippen molar-refractivity contribution >= 4 is 42.2 Å². The van der Waals surface area contributed by atoms with E-state index >= 15 is 0 Å². The van der Waals surface area contributed by atoms with Crippen LogP contribution in [0.1, 0.15) is 0 Å². The molecule has 3 aromatic rings. The van der Waals surface area contributed by atoms with Crippen molar-refractivity contribution in [1.29, 1.82) is 0 Å². The molecule has 1 heterocycles. The molecule has 0 spiro atoms. The number of hydrogen-bond acceptors (Lipinski definition) is 2. The van der Waals surface area contributed by atoms with Crippen molar-refractivity contribution in [3.05, 3.63) is 47.5 Å². The van der Waals surface area contributed by atoms with Gasteiger partial charge in [-0.1, -0.05) is 35.9 Å². The van der Waals surface area contributed by atoms with E-state index in [0.717, 1.165) is 21.9 Å². The van der Waals surface area contributed by atoms with Crippen LogP contribution in [0.25, 0.3) is 21.9 Å². The predicted molar refractivity (Wildman–Crippen MR) is 68.1 cm³/mol. The molecule has 2 aromatic carbocycles. The van der Waals surface area contributed by atoms with E-state index in [9.17, 15) is 0 Å². The van der Waals surface area contributed by atoms with Crippen LogP contribution in [0.3, 0.4) is 0 Å². The van der Waals surface area contributed by atoms with Gasteiger partial charge in [0.25, 0.3) is 0 Å². The summed E-state index contributed by atoms with van der Waals surface area (Å²) in [6.45, 7) is 0. The molecular formula is C12H8ClO2P. The van der Waals surface area contributed by atoms with Crippen LogP contribution in [0.2, 0.25) is 5.02 Å². The van der Waals surface area contributed by atoms with E-state index in [1.54, 1.807) is 0 Å². The normalized spacial score (nSPS) is 11.3. The molecular weight excluding hydrogens is 243 g/mol. The monoisotopic (exact) mass is 250 g/mol. The Morgan fingerprint density at radius 3 is 2.56 bits per heavy atom. The number of rotatable bonds is 0. The van der Waals surface area contributed by atoms with Crippen LogP contribution < -0.4 is 0 Å². The summed E-state index contributed by atoms with van der Waals surface area (Å²) in [5.74, 6) is 0. The molecule has 1 unspecified atom stereocenters. The summed E-state index contributed by atoms with van der Waals surface area (Å²) in [6.07, 6.45) is 0. The van der Waals surface area contributed by atoms with Crippen molar-refractivity contribution in [3.8, 4) is 0 Å². The Balaban J connectivity index is 2.69. The fourth-order valence-electron chi connectivity index (χ4n) is 1.72. The minimum atomic E-state index is -0.0335. The molecule has 0 aliphatic heterocycles. The van der Waals surface area contributed by atoms with Crippen molar-refractivity contribution in [3.63, 3.8) is 0 Å². The van der Waals surface area contributed by atoms with E-state index in [1.807, 2.05) is 42.5 Å². The average Bonchev–Trinajstić information content (AvgIpc) is 2.49. The first-order chi connectivity index (χ1) is 7.86. The molecule has 0 N–H and O–H groups in total. The fraction of sp³-hybridized carbons (Fsp3) is 0. The van der Waals surface area contributed by atoms with Gasteiger partial charge in [-0.25, -0.2) is 0 Å². The summed E-state index contributed by atoms with van der Waals surface area (Å²) < 4.78 is 11.1. The lowest BCUT2D eigenvalue weighted by Crippen LogP contribution is -1.72. The van der Waals surface area contributed by atoms with Crippen LogP contribution in [0, 0.1) is 0 Å². The van der Waals surface area contributed by atoms with Gasteiger partial charge in [-0.2, -0.15) is 0 Å². The molecule has 0 aliphatic carbocycles. The number of hydrogen-bond donors (Lipinski definition) is 0. The second-order valence-electron chi connectivity index (χ2n) is 3.40. The van der Waals surface area contributed by atoms with Gasteiger partial charge in [0, 0.05) is 10.8 Å². The molecule has 0 amide bonds. The number of halogens is 1. The number of benzene rings is 2. The van der Waals surface area contributed by atoms with Gasteiger partial charge in [-0.3, -0.25) is 0 Å². The molecule has 0 saturated carbocycles. The standard InChI is InChI=1S/C12H8ClO2P/c13-9-5-3-7-11-12(9)8-4-1-2-6-10(8)14-16-15-11/h1-7,16H. The molecule has 3 rings (SSSR count). The Kier molecular flexibility index (Phi) is 2.39. The summed E-state index contributed by atoms with van der Waals surface area (Å²) in [7, 11) is -0.0335. The van der Waals surface area contributed by atoms with E-state index in [2.05, 4.69) is 0 Å². The maximum absolute atomic E-state index is 6.21. The minimum absolute atomic E-state index is 0.0335. The summed E-state index contributed by atoms with van der Waals surface area (Å²) in [6, 6.07) is 13.4. The van der Waals surface area contributed by atoms with E-state index in [1.165, 1.54) is 0 Å². The van der Waals surface area contributed by atoms with Crippen molar-refractivity contribution in [1.82, 2.24) is 0 Å². The summed E-state index contributed by atoms with van der Waals surface area (Å²) in [5, 5.41) is 2.57. The molecule has 1 atom stereocenters. The first-order valence-electron chi connectivity index (χ1n) is 4.83. The SMILES string of the molecule is Clc1cccc2o[pH]oc3ccccc3c12. The van der Waals surface area contributed by atoms with E-state index < -0.39 is 0 Å². The predicted octanol–water partition coefficient (Wildman–Crippen LogP) is 4.99. The Morgan fingerprint density at radius 2 is 1.62 bits per heavy atom. The highest BCUT2D eigenvalue weighted by Crippen LogP contribution is 2.31.